The van der Waals surface area contributed by atoms with Gasteiger partial charge < -0.3 is 15.4 Å². The highest BCUT2D eigenvalue weighted by Crippen LogP contribution is 2.22. The van der Waals surface area contributed by atoms with Gasteiger partial charge in [-0.15, -0.1) is 0 Å². The Morgan fingerprint density at radius 3 is 2.28 bits per heavy atom. The van der Waals surface area contributed by atoms with E-state index in [1.807, 2.05) is 30.3 Å². The number of nitrogens with two attached hydrogens (primary N) is 1. The van der Waals surface area contributed by atoms with Crippen LogP contribution < -0.4 is 10.5 Å². The maximum absolute atomic E-state index is 12.6. The first-order valence-electron chi connectivity index (χ1n) is 7.97. The van der Waals surface area contributed by atoms with Crippen molar-refractivity contribution in [3.8, 4) is 5.75 Å². The zero-order valence-corrected chi connectivity index (χ0v) is 14.2. The number of carbonyl (C=O) groups is 1. The van der Waals surface area contributed by atoms with Gasteiger partial charge in [-0.3, -0.25) is 4.79 Å². The summed E-state index contributed by atoms with van der Waals surface area (Å²) < 4.78 is 28.6. The van der Waals surface area contributed by atoms with E-state index in [2.05, 4.69) is 4.74 Å². The fourth-order valence-electron chi connectivity index (χ4n) is 2.59. The molecule has 0 bridgehead atoms. The molecule has 2 atom stereocenters. The molecule has 2 rings (SSSR count). The highest BCUT2D eigenvalue weighted by atomic mass is 19.3. The zero-order valence-electron chi connectivity index (χ0n) is 14.2. The van der Waals surface area contributed by atoms with Crippen molar-refractivity contribution < 1.29 is 18.3 Å². The monoisotopic (exact) mass is 348 g/mol. The molecule has 2 aromatic rings. The fraction of sp³-hybridized carbons (Fsp3) is 0.316. The van der Waals surface area contributed by atoms with Crippen LogP contribution in [0.1, 0.15) is 24.1 Å². The van der Waals surface area contributed by atoms with Gasteiger partial charge in [-0.25, -0.2) is 0 Å². The number of hydrogen-bond donors (Lipinski definition) is 1. The van der Waals surface area contributed by atoms with Gasteiger partial charge in [-0.2, -0.15) is 8.78 Å². The number of alkyl halides is 2. The molecule has 0 saturated heterocycles. The molecule has 4 nitrogen and oxygen atoms in total. The lowest BCUT2D eigenvalue weighted by atomic mass is 9.94. The summed E-state index contributed by atoms with van der Waals surface area (Å²) in [5.41, 5.74) is 7.93. The van der Waals surface area contributed by atoms with E-state index in [1.165, 1.54) is 12.1 Å². The molecule has 0 saturated carbocycles. The van der Waals surface area contributed by atoms with Crippen molar-refractivity contribution in [1.29, 1.82) is 0 Å². The van der Waals surface area contributed by atoms with E-state index < -0.39 is 12.7 Å². The average molecular weight is 348 g/mol. The SMILES string of the molecule is CC(C(=O)N(C)Cc1ccc(OC(F)F)cc1)C(N)c1ccccc1. The Hall–Kier alpha value is -2.47. The first-order chi connectivity index (χ1) is 11.9. The Bertz CT molecular complexity index is 678. The van der Waals surface area contributed by atoms with E-state index in [9.17, 15) is 13.6 Å². The normalized spacial score (nSPS) is 13.4. The quantitative estimate of drug-likeness (QED) is 0.832. The third-order valence-corrected chi connectivity index (χ3v) is 4.06. The molecule has 0 aliphatic rings. The van der Waals surface area contributed by atoms with Crippen LogP contribution in [-0.4, -0.2) is 24.5 Å². The van der Waals surface area contributed by atoms with Crippen LogP contribution in [0.3, 0.4) is 0 Å². The predicted octanol–water partition coefficient (Wildman–Crippen LogP) is 3.58. The molecule has 0 heterocycles. The standard InChI is InChI=1S/C19H22F2N2O2/c1-13(17(22)15-6-4-3-5-7-15)18(24)23(2)12-14-8-10-16(11-9-14)25-19(20)21/h3-11,13,17,19H,12,22H2,1-2H3. The highest BCUT2D eigenvalue weighted by molar-refractivity contribution is 5.79. The van der Waals surface area contributed by atoms with E-state index in [4.69, 9.17) is 5.73 Å². The largest absolute Gasteiger partial charge is 0.435 e. The number of ether oxygens (including phenoxy) is 1. The topological polar surface area (TPSA) is 55.6 Å². The number of amides is 1. The zero-order chi connectivity index (χ0) is 18.4. The van der Waals surface area contributed by atoms with Gasteiger partial charge in [-0.05, 0) is 23.3 Å². The van der Waals surface area contributed by atoms with E-state index >= 15 is 0 Å². The lowest BCUT2D eigenvalue weighted by molar-refractivity contribution is -0.134. The van der Waals surface area contributed by atoms with Crippen LogP contribution in [0.4, 0.5) is 8.78 Å². The summed E-state index contributed by atoms with van der Waals surface area (Å²) in [6.45, 7) is -0.689. The maximum Gasteiger partial charge on any atom is 0.387 e. The number of nitrogens with zero attached hydrogens (tertiary/aromatic N) is 1. The Morgan fingerprint density at radius 2 is 1.72 bits per heavy atom. The van der Waals surface area contributed by atoms with Crippen molar-refractivity contribution in [3.05, 3.63) is 65.7 Å². The minimum absolute atomic E-state index is 0.0794. The molecule has 6 heteroatoms. The molecule has 134 valence electrons. The minimum atomic E-state index is -2.85. The summed E-state index contributed by atoms with van der Waals surface area (Å²) >= 11 is 0. The lowest BCUT2D eigenvalue weighted by Crippen LogP contribution is -2.36. The fourth-order valence-corrected chi connectivity index (χ4v) is 2.59. The lowest BCUT2D eigenvalue weighted by Gasteiger charge is -2.25. The van der Waals surface area contributed by atoms with E-state index in [0.717, 1.165) is 11.1 Å². The molecule has 0 fully saturated rings. The van der Waals surface area contributed by atoms with Crippen molar-refractivity contribution in [1.82, 2.24) is 4.90 Å². The van der Waals surface area contributed by atoms with Gasteiger partial charge in [0, 0.05) is 19.6 Å². The van der Waals surface area contributed by atoms with E-state index in [-0.39, 0.29) is 17.6 Å². The molecule has 0 radical (unpaired) electrons. The third-order valence-electron chi connectivity index (χ3n) is 4.06. The first kappa shape index (κ1) is 18.9. The van der Waals surface area contributed by atoms with Crippen LogP contribution in [0.5, 0.6) is 5.75 Å². The van der Waals surface area contributed by atoms with Crippen molar-refractivity contribution in [3.63, 3.8) is 0 Å². The van der Waals surface area contributed by atoms with Crippen molar-refractivity contribution in [2.24, 2.45) is 11.7 Å². The van der Waals surface area contributed by atoms with Gasteiger partial charge in [0.15, 0.2) is 0 Å². The van der Waals surface area contributed by atoms with Crippen LogP contribution in [0.15, 0.2) is 54.6 Å². The van der Waals surface area contributed by atoms with Gasteiger partial charge >= 0.3 is 6.61 Å². The second kappa shape index (κ2) is 8.58. The minimum Gasteiger partial charge on any atom is -0.435 e. The van der Waals surface area contributed by atoms with E-state index in [0.29, 0.717) is 6.54 Å². The number of benzene rings is 2. The van der Waals surface area contributed by atoms with Crippen molar-refractivity contribution in [2.75, 3.05) is 7.05 Å². The number of hydrogen-bond acceptors (Lipinski definition) is 3. The van der Waals surface area contributed by atoms with Gasteiger partial charge in [0.05, 0.1) is 5.92 Å². The van der Waals surface area contributed by atoms with E-state index in [1.54, 1.807) is 31.0 Å². The Kier molecular flexibility index (Phi) is 6.47. The molecule has 25 heavy (non-hydrogen) atoms. The maximum atomic E-state index is 12.6. The molecule has 0 spiro atoms. The summed E-state index contributed by atoms with van der Waals surface area (Å²) in [4.78, 5) is 14.2. The molecule has 1 amide bonds. The summed E-state index contributed by atoms with van der Waals surface area (Å²) in [7, 11) is 1.69. The molecule has 0 aromatic heterocycles. The molecular formula is C19H22F2N2O2. The van der Waals surface area contributed by atoms with Gasteiger partial charge in [0.2, 0.25) is 5.91 Å². The van der Waals surface area contributed by atoms with Crippen LogP contribution in [0, 0.1) is 5.92 Å². The number of rotatable bonds is 7. The van der Waals surface area contributed by atoms with Crippen molar-refractivity contribution in [2.45, 2.75) is 26.1 Å². The Morgan fingerprint density at radius 1 is 1.12 bits per heavy atom. The van der Waals surface area contributed by atoms with Crippen LogP contribution in [0.25, 0.3) is 0 Å². The van der Waals surface area contributed by atoms with Crippen LogP contribution in [0.2, 0.25) is 0 Å². The third kappa shape index (κ3) is 5.26. The highest BCUT2D eigenvalue weighted by Gasteiger charge is 2.24. The molecule has 2 unspecified atom stereocenters. The molecule has 2 N–H and O–H groups in total. The van der Waals surface area contributed by atoms with Crippen LogP contribution >= 0.6 is 0 Å². The second-order valence-corrected chi connectivity index (χ2v) is 5.94. The number of carbonyl (C=O) groups excluding carboxylic acids is 1. The first-order valence-corrected chi connectivity index (χ1v) is 7.97. The average Bonchev–Trinajstić information content (AvgIpc) is 2.61. The van der Waals surface area contributed by atoms with Gasteiger partial charge in [0.1, 0.15) is 5.75 Å². The van der Waals surface area contributed by atoms with Crippen molar-refractivity contribution >= 4 is 5.91 Å². The Balaban J connectivity index is 1.97. The smallest absolute Gasteiger partial charge is 0.387 e. The van der Waals surface area contributed by atoms with Gasteiger partial charge in [0.25, 0.3) is 0 Å². The molecular weight excluding hydrogens is 326 g/mol. The summed E-state index contributed by atoms with van der Waals surface area (Å²) in [6, 6.07) is 15.3. The number of halogens is 2. The summed E-state index contributed by atoms with van der Waals surface area (Å²) in [5, 5.41) is 0. The molecule has 2 aromatic carbocycles. The van der Waals surface area contributed by atoms with Gasteiger partial charge in [-0.1, -0.05) is 49.4 Å². The predicted molar refractivity (Wildman–Crippen MR) is 92.1 cm³/mol. The summed E-state index contributed by atoms with van der Waals surface area (Å²) in [5.74, 6) is -0.370. The molecule has 0 aliphatic carbocycles. The Labute approximate surface area is 146 Å². The van der Waals surface area contributed by atoms with Crippen LogP contribution in [-0.2, 0) is 11.3 Å². The molecule has 0 aliphatic heterocycles. The summed E-state index contributed by atoms with van der Waals surface area (Å²) in [6.07, 6.45) is 0. The second-order valence-electron chi connectivity index (χ2n) is 5.94.